The first kappa shape index (κ1) is 17.1. The van der Waals surface area contributed by atoms with Gasteiger partial charge in [-0.05, 0) is 70.5 Å². The number of rotatable bonds is 2. The molecule has 2 atom stereocenters. The van der Waals surface area contributed by atoms with E-state index in [-0.39, 0.29) is 17.7 Å². The smallest absolute Gasteiger partial charge is 0.194 e. The summed E-state index contributed by atoms with van der Waals surface area (Å²) in [7, 11) is 0. The van der Waals surface area contributed by atoms with Crippen molar-refractivity contribution in [2.24, 2.45) is 5.92 Å². The zero-order valence-electron chi connectivity index (χ0n) is 14.3. The van der Waals surface area contributed by atoms with Crippen molar-refractivity contribution in [3.05, 3.63) is 82.4 Å². The molecule has 0 saturated heterocycles. The van der Waals surface area contributed by atoms with Crippen molar-refractivity contribution in [1.82, 2.24) is 0 Å². The quantitative estimate of drug-likeness (QED) is 0.362. The molecule has 4 heteroatoms. The van der Waals surface area contributed by atoms with Gasteiger partial charge in [-0.3, -0.25) is 0 Å². The number of halogens is 4. The number of fused-ring (bicyclic) bond motifs is 3. The highest BCUT2D eigenvalue weighted by atomic mass is 19.2. The van der Waals surface area contributed by atoms with Crippen LogP contribution in [-0.4, -0.2) is 0 Å². The minimum Gasteiger partial charge on any atom is -0.207 e. The first-order valence-electron chi connectivity index (χ1n) is 8.85. The van der Waals surface area contributed by atoms with Crippen LogP contribution in [0.5, 0.6) is 0 Å². The minimum atomic E-state index is -1.45. The van der Waals surface area contributed by atoms with E-state index < -0.39 is 17.5 Å². The normalized spacial score (nSPS) is 19.6. The number of hydrogen-bond donors (Lipinski definition) is 0. The van der Waals surface area contributed by atoms with Crippen LogP contribution in [0.3, 0.4) is 0 Å². The van der Waals surface area contributed by atoms with Crippen LogP contribution in [0.4, 0.5) is 17.6 Å². The Labute approximate surface area is 149 Å². The van der Waals surface area contributed by atoms with Gasteiger partial charge in [-0.2, -0.15) is 0 Å². The molecule has 1 aliphatic rings. The zero-order valence-corrected chi connectivity index (χ0v) is 14.3. The minimum absolute atomic E-state index is 0.192. The van der Waals surface area contributed by atoms with Crippen LogP contribution in [0.15, 0.2) is 42.5 Å². The molecule has 0 nitrogen and oxygen atoms in total. The molecule has 0 bridgehead atoms. The third-order valence-corrected chi connectivity index (χ3v) is 5.59. The van der Waals surface area contributed by atoms with Crippen molar-refractivity contribution in [3.63, 3.8) is 0 Å². The van der Waals surface area contributed by atoms with Crippen molar-refractivity contribution >= 4 is 10.8 Å². The molecule has 0 N–H and O–H groups in total. The summed E-state index contributed by atoms with van der Waals surface area (Å²) in [5.41, 5.74) is 2.40. The molecule has 0 unspecified atom stereocenters. The van der Waals surface area contributed by atoms with Crippen LogP contribution < -0.4 is 0 Å². The van der Waals surface area contributed by atoms with E-state index in [0.29, 0.717) is 5.56 Å². The van der Waals surface area contributed by atoms with Gasteiger partial charge in [0, 0.05) is 5.92 Å². The van der Waals surface area contributed by atoms with Gasteiger partial charge < -0.3 is 0 Å². The molecule has 0 heterocycles. The average molecular weight is 358 g/mol. The molecule has 0 amide bonds. The van der Waals surface area contributed by atoms with Gasteiger partial charge in [-0.1, -0.05) is 31.5 Å². The molecule has 4 rings (SSSR count). The number of aryl methyl sites for hydroxylation is 1. The Kier molecular flexibility index (Phi) is 4.22. The summed E-state index contributed by atoms with van der Waals surface area (Å²) < 4.78 is 54.9. The lowest BCUT2D eigenvalue weighted by Crippen LogP contribution is -2.22. The Morgan fingerprint density at radius 2 is 1.62 bits per heavy atom. The Morgan fingerprint density at radius 3 is 2.31 bits per heavy atom. The fourth-order valence-corrected chi connectivity index (χ4v) is 4.34. The molecule has 3 aromatic rings. The predicted octanol–water partition coefficient (Wildman–Crippen LogP) is 6.50. The summed E-state index contributed by atoms with van der Waals surface area (Å²) >= 11 is 0. The second-order valence-corrected chi connectivity index (χ2v) is 6.98. The van der Waals surface area contributed by atoms with Gasteiger partial charge >= 0.3 is 0 Å². The van der Waals surface area contributed by atoms with Crippen molar-refractivity contribution < 1.29 is 17.6 Å². The molecular weight excluding hydrogens is 340 g/mol. The maximum atomic E-state index is 13.8. The Morgan fingerprint density at radius 1 is 0.923 bits per heavy atom. The standard InChI is InChI=1S/C22H18F4/c1-2-12-4-7-16-17(8-5-13-3-6-15(23)11-18(13)16)21(12)14-9-19(24)22(26)20(25)10-14/h3,5-6,8-12,21H,2,4,7H2,1H3/t12-,21-/m1/s1. The van der Waals surface area contributed by atoms with Crippen LogP contribution in [0.1, 0.15) is 42.4 Å². The summed E-state index contributed by atoms with van der Waals surface area (Å²) in [5, 5.41) is 1.78. The van der Waals surface area contributed by atoms with E-state index in [0.717, 1.165) is 53.3 Å². The Hall–Kier alpha value is -2.36. The second-order valence-electron chi connectivity index (χ2n) is 6.98. The maximum Gasteiger partial charge on any atom is 0.194 e. The first-order valence-corrected chi connectivity index (χ1v) is 8.85. The topological polar surface area (TPSA) is 0 Å². The summed E-state index contributed by atoms with van der Waals surface area (Å²) in [4.78, 5) is 0. The molecular formula is C22H18F4. The lowest BCUT2D eigenvalue weighted by atomic mass is 9.70. The summed E-state index contributed by atoms with van der Waals surface area (Å²) in [6, 6.07) is 10.7. The predicted molar refractivity (Wildman–Crippen MR) is 94.2 cm³/mol. The van der Waals surface area contributed by atoms with Crippen LogP contribution in [-0.2, 0) is 6.42 Å². The van der Waals surface area contributed by atoms with Crippen molar-refractivity contribution in [2.75, 3.05) is 0 Å². The van der Waals surface area contributed by atoms with E-state index in [2.05, 4.69) is 0 Å². The van der Waals surface area contributed by atoms with E-state index >= 15 is 0 Å². The van der Waals surface area contributed by atoms with E-state index in [1.54, 1.807) is 6.07 Å². The van der Waals surface area contributed by atoms with E-state index in [4.69, 9.17) is 0 Å². The lowest BCUT2D eigenvalue weighted by Gasteiger charge is -2.34. The SMILES string of the molecule is CC[C@@H]1CCc2c(ccc3ccc(F)cc23)[C@H]1c1cc(F)c(F)c(F)c1. The van der Waals surface area contributed by atoms with Gasteiger partial charge in [0.15, 0.2) is 17.5 Å². The molecule has 0 saturated carbocycles. The van der Waals surface area contributed by atoms with Crippen molar-refractivity contribution in [2.45, 2.75) is 32.1 Å². The molecule has 3 aromatic carbocycles. The zero-order chi connectivity index (χ0) is 18.4. The largest absolute Gasteiger partial charge is 0.207 e. The molecule has 0 fully saturated rings. The molecule has 1 aliphatic carbocycles. The molecule has 0 aromatic heterocycles. The highest BCUT2D eigenvalue weighted by molar-refractivity contribution is 5.87. The first-order chi connectivity index (χ1) is 12.5. The monoisotopic (exact) mass is 358 g/mol. The fraction of sp³-hybridized carbons (Fsp3) is 0.273. The van der Waals surface area contributed by atoms with E-state index in [9.17, 15) is 17.6 Å². The molecule has 26 heavy (non-hydrogen) atoms. The van der Waals surface area contributed by atoms with Gasteiger partial charge in [0.2, 0.25) is 0 Å². The van der Waals surface area contributed by atoms with Crippen LogP contribution in [0, 0.1) is 29.2 Å². The second kappa shape index (κ2) is 6.42. The maximum absolute atomic E-state index is 13.8. The van der Waals surface area contributed by atoms with Gasteiger partial charge in [-0.25, -0.2) is 17.6 Å². The highest BCUT2D eigenvalue weighted by Crippen LogP contribution is 2.45. The van der Waals surface area contributed by atoms with Gasteiger partial charge in [0.25, 0.3) is 0 Å². The summed E-state index contributed by atoms with van der Waals surface area (Å²) in [6.07, 6.45) is 2.47. The lowest BCUT2D eigenvalue weighted by molar-refractivity contribution is 0.391. The van der Waals surface area contributed by atoms with Crippen LogP contribution >= 0.6 is 0 Å². The van der Waals surface area contributed by atoms with E-state index in [1.165, 1.54) is 12.1 Å². The molecule has 134 valence electrons. The third-order valence-electron chi connectivity index (χ3n) is 5.59. The molecule has 0 spiro atoms. The number of hydrogen-bond acceptors (Lipinski definition) is 0. The van der Waals surface area contributed by atoms with Gasteiger partial charge in [0.1, 0.15) is 5.82 Å². The average Bonchev–Trinajstić information content (AvgIpc) is 2.64. The summed E-state index contributed by atoms with van der Waals surface area (Å²) in [5.74, 6) is -4.14. The molecule has 0 radical (unpaired) electrons. The Balaban J connectivity index is 1.95. The van der Waals surface area contributed by atoms with Crippen molar-refractivity contribution in [1.29, 1.82) is 0 Å². The summed E-state index contributed by atoms with van der Waals surface area (Å²) in [6.45, 7) is 2.04. The van der Waals surface area contributed by atoms with Crippen LogP contribution in [0.25, 0.3) is 10.8 Å². The van der Waals surface area contributed by atoms with E-state index in [1.807, 2.05) is 19.1 Å². The third kappa shape index (κ3) is 2.68. The number of benzene rings is 3. The highest BCUT2D eigenvalue weighted by Gasteiger charge is 2.32. The Bertz CT molecular complexity index is 970. The van der Waals surface area contributed by atoms with Gasteiger partial charge in [0.05, 0.1) is 0 Å². The fourth-order valence-electron chi connectivity index (χ4n) is 4.34. The van der Waals surface area contributed by atoms with Crippen molar-refractivity contribution in [3.8, 4) is 0 Å². The van der Waals surface area contributed by atoms with Crippen LogP contribution in [0.2, 0.25) is 0 Å². The molecule has 0 aliphatic heterocycles. The van der Waals surface area contributed by atoms with Gasteiger partial charge in [-0.15, -0.1) is 0 Å².